The molecule has 0 bridgehead atoms. The molecular weight excluding hydrogens is 409 g/mol. The minimum absolute atomic E-state index is 0. The molecule has 0 fully saturated rings. The van der Waals surface area contributed by atoms with Crippen molar-refractivity contribution in [3.05, 3.63) is 53.6 Å². The zero-order valence-corrected chi connectivity index (χ0v) is 18.0. The van der Waals surface area contributed by atoms with Gasteiger partial charge in [0.1, 0.15) is 11.5 Å². The normalized spacial score (nSPS) is 8.43. The van der Waals surface area contributed by atoms with Crippen molar-refractivity contribution in [1.82, 2.24) is 0 Å². The maximum absolute atomic E-state index is 8.48. The van der Waals surface area contributed by atoms with Crippen LogP contribution in [0.1, 0.15) is 5.56 Å². The summed E-state index contributed by atoms with van der Waals surface area (Å²) < 4.78 is 10.6. The Bertz CT molecular complexity index is 650. The van der Waals surface area contributed by atoms with Crippen LogP contribution in [0.2, 0.25) is 0 Å². The van der Waals surface area contributed by atoms with Gasteiger partial charge in [-0.05, 0) is 42.5 Å². The Morgan fingerprint density at radius 2 is 1.65 bits per heavy atom. The first-order chi connectivity index (χ1) is 9.76. The predicted octanol–water partition coefficient (Wildman–Crippen LogP) is -2.49. The van der Waals surface area contributed by atoms with Gasteiger partial charge in [-0.1, -0.05) is 11.8 Å². The van der Waals surface area contributed by atoms with Crippen LogP contribution >= 0.6 is 11.8 Å². The molecule has 2 rings (SSSR count). The van der Waals surface area contributed by atoms with Gasteiger partial charge in [-0.2, -0.15) is 4.79 Å². The van der Waals surface area contributed by atoms with Crippen LogP contribution in [0.15, 0.2) is 52.3 Å². The number of nitrogens with zero attached hydrogens (tertiary/aromatic N) is 2. The van der Waals surface area contributed by atoms with E-state index in [-0.39, 0.29) is 44.3 Å². The zero-order valence-electron chi connectivity index (χ0n) is 12.7. The Morgan fingerprint density at radius 1 is 1.00 bits per heavy atom. The van der Waals surface area contributed by atoms with Gasteiger partial charge in [-0.3, -0.25) is 0 Å². The van der Waals surface area contributed by atoms with Gasteiger partial charge >= 0.3 is 19.5 Å². The van der Waals surface area contributed by atoms with E-state index in [1.807, 2.05) is 42.5 Å². The van der Waals surface area contributed by atoms with Gasteiger partial charge in [0.2, 0.25) is 0 Å². The third kappa shape index (κ3) is 6.94. The molecule has 2 aromatic carbocycles. The summed E-state index contributed by atoms with van der Waals surface area (Å²) in [5.74, 6) is 1.59. The molecule has 8 heteroatoms. The fourth-order valence-corrected chi connectivity index (χ4v) is 2.63. The third-order valence-corrected chi connectivity index (χ3v) is 3.73. The molecule has 0 saturated carbocycles. The molecule has 0 atom stereocenters. The summed E-state index contributed by atoms with van der Waals surface area (Å²) in [6.45, 7) is 0. The predicted molar refractivity (Wildman–Crippen MR) is 78.9 cm³/mol. The molecule has 2 aromatic rings. The molecule has 0 spiro atoms. The molecule has 0 aromatic heterocycles. The maximum Gasteiger partial charge on any atom is 2.00 e. The van der Waals surface area contributed by atoms with E-state index in [0.29, 0.717) is 0 Å². The van der Waals surface area contributed by atoms with Gasteiger partial charge in [0, 0.05) is 4.90 Å². The molecule has 0 unspecified atom stereocenters. The van der Waals surface area contributed by atoms with Crippen LogP contribution in [0.3, 0.4) is 0 Å². The zero-order chi connectivity index (χ0) is 14.4. The number of halogens is 2. The van der Waals surface area contributed by atoms with Crippen molar-refractivity contribution in [3.63, 3.8) is 0 Å². The van der Waals surface area contributed by atoms with Crippen molar-refractivity contribution in [2.45, 2.75) is 9.79 Å². The van der Waals surface area contributed by atoms with Gasteiger partial charge in [0.05, 0.1) is 24.7 Å². The molecule has 118 valence electrons. The molecule has 0 N–H and O–H groups in total. The van der Waals surface area contributed by atoms with Crippen LogP contribution in [0.25, 0.3) is 5.53 Å². The number of hydrogen-bond donors (Lipinski definition) is 0. The molecule has 0 aliphatic carbocycles. The average Bonchev–Trinajstić information content (AvgIpc) is 2.49. The van der Waals surface area contributed by atoms with Gasteiger partial charge < -0.3 is 39.8 Å². The van der Waals surface area contributed by atoms with Crippen LogP contribution in [0.5, 0.6) is 11.5 Å². The van der Waals surface area contributed by atoms with E-state index in [4.69, 9.17) is 15.0 Å². The summed E-state index contributed by atoms with van der Waals surface area (Å²) in [5, 5.41) is 0. The van der Waals surface area contributed by atoms with Crippen LogP contribution in [-0.4, -0.2) is 25.2 Å². The monoisotopic (exact) mass is 420 g/mol. The Hall–Kier alpha value is -1.03. The number of rotatable bonds is 5. The second-order valence-corrected chi connectivity index (χ2v) is 5.05. The van der Waals surface area contributed by atoms with Gasteiger partial charge in [-0.15, -0.1) is 0 Å². The van der Waals surface area contributed by atoms with Crippen molar-refractivity contribution in [3.8, 4) is 11.5 Å². The number of benzene rings is 2. The number of ether oxygens (including phenoxy) is 2. The number of hydrogen-bond acceptors (Lipinski definition) is 3. The molecule has 0 heterocycles. The van der Waals surface area contributed by atoms with Crippen molar-refractivity contribution in [1.29, 1.82) is 0 Å². The third-order valence-electron chi connectivity index (χ3n) is 2.69. The van der Waals surface area contributed by atoms with Crippen molar-refractivity contribution >= 4 is 18.0 Å². The van der Waals surface area contributed by atoms with E-state index >= 15 is 0 Å². The molecule has 0 aliphatic heterocycles. The molecule has 0 saturated heterocycles. The summed E-state index contributed by atoms with van der Waals surface area (Å²) in [4.78, 5) is 5.04. The van der Waals surface area contributed by atoms with E-state index in [2.05, 4.69) is 4.79 Å². The largest absolute Gasteiger partial charge is 2.00 e. The standard InChI is InChI=1S/C15H14N2O2S.2ClH.Zn/c1-18-12-5-8-14(19-2)15(9-12)20-13-6-3-11(4-7-13)10-17-16;;;/h3-10H,1-2H3;2*1H;/q;;;+2/p-2. The van der Waals surface area contributed by atoms with Gasteiger partial charge in [0.15, 0.2) is 0 Å². The minimum atomic E-state index is 0. The van der Waals surface area contributed by atoms with Crippen molar-refractivity contribution < 1.29 is 58.6 Å². The van der Waals surface area contributed by atoms with Gasteiger partial charge in [-0.25, -0.2) is 0 Å². The Kier molecular flexibility index (Phi) is 13.1. The van der Waals surface area contributed by atoms with E-state index in [1.165, 1.54) is 6.21 Å². The molecular formula is C15H14Cl2N2O2SZn. The second kappa shape index (κ2) is 12.4. The SMILES string of the molecule is COc1ccc(OC)c(Sc2ccc(C=[N+]=[N-])cc2)c1.[Cl-].[Cl-].[Zn+2]. The molecule has 0 aliphatic rings. The Labute approximate surface area is 165 Å². The van der Waals surface area contributed by atoms with Crippen LogP contribution in [-0.2, 0) is 19.5 Å². The maximum atomic E-state index is 8.48. The minimum Gasteiger partial charge on any atom is -1.00 e. The summed E-state index contributed by atoms with van der Waals surface area (Å²) >= 11 is 1.58. The smallest absolute Gasteiger partial charge is 1.00 e. The number of methoxy groups -OCH3 is 2. The van der Waals surface area contributed by atoms with Crippen molar-refractivity contribution in [2.75, 3.05) is 14.2 Å². The van der Waals surface area contributed by atoms with E-state index in [0.717, 1.165) is 26.9 Å². The molecule has 23 heavy (non-hydrogen) atoms. The first-order valence-corrected chi connectivity index (χ1v) is 6.76. The fraction of sp³-hybridized carbons (Fsp3) is 0.133. The van der Waals surface area contributed by atoms with E-state index in [9.17, 15) is 0 Å². The molecule has 0 amide bonds. The summed E-state index contributed by atoms with van der Waals surface area (Å²) in [6.07, 6.45) is 1.39. The van der Waals surface area contributed by atoms with Crippen LogP contribution in [0, 0.1) is 0 Å². The van der Waals surface area contributed by atoms with E-state index < -0.39 is 0 Å². The summed E-state index contributed by atoms with van der Waals surface area (Å²) in [6, 6.07) is 13.4. The Morgan fingerprint density at radius 3 is 2.17 bits per heavy atom. The molecule has 0 radical (unpaired) electrons. The fourth-order valence-electron chi connectivity index (χ4n) is 1.68. The first kappa shape index (κ1) is 24.2. The summed E-state index contributed by atoms with van der Waals surface area (Å²) in [7, 11) is 3.28. The topological polar surface area (TPSA) is 54.9 Å². The van der Waals surface area contributed by atoms with E-state index in [1.54, 1.807) is 26.0 Å². The Balaban J connectivity index is 0. The van der Waals surface area contributed by atoms with Crippen LogP contribution in [0.4, 0.5) is 0 Å². The van der Waals surface area contributed by atoms with Crippen molar-refractivity contribution in [2.24, 2.45) is 0 Å². The van der Waals surface area contributed by atoms with Gasteiger partial charge in [0.25, 0.3) is 6.21 Å². The quantitative estimate of drug-likeness (QED) is 0.232. The molecule has 4 nitrogen and oxygen atoms in total. The van der Waals surface area contributed by atoms with Crippen LogP contribution < -0.4 is 34.3 Å². The summed E-state index contributed by atoms with van der Waals surface area (Å²) in [5.41, 5.74) is 9.33. The first-order valence-electron chi connectivity index (χ1n) is 5.94. The second-order valence-electron chi connectivity index (χ2n) is 3.93. The average molecular weight is 423 g/mol.